The van der Waals surface area contributed by atoms with Crippen LogP contribution in [0.25, 0.3) is 0 Å². The van der Waals surface area contributed by atoms with Gasteiger partial charge in [0, 0.05) is 24.6 Å². The Morgan fingerprint density at radius 1 is 1.04 bits per heavy atom. The molecule has 0 spiro atoms. The second-order valence-electron chi connectivity index (χ2n) is 5.67. The van der Waals surface area contributed by atoms with Crippen LogP contribution in [-0.2, 0) is 11.2 Å². The fourth-order valence-corrected chi connectivity index (χ4v) is 2.30. The van der Waals surface area contributed by atoms with Crippen LogP contribution >= 0.6 is 0 Å². The van der Waals surface area contributed by atoms with Gasteiger partial charge in [-0.15, -0.1) is 0 Å². The highest BCUT2D eigenvalue weighted by Gasteiger charge is 2.12. The largest absolute Gasteiger partial charge is 0.356 e. The Balaban J connectivity index is 1.69. The monoisotopic (exact) mass is 328 g/mol. The van der Waals surface area contributed by atoms with E-state index in [1.54, 1.807) is 43.3 Å². The fraction of sp³-hybridized carbons (Fsp3) is 0.263. The maximum absolute atomic E-state index is 12.8. The van der Waals surface area contributed by atoms with E-state index in [2.05, 4.69) is 10.6 Å². The molecule has 1 atom stereocenters. The van der Waals surface area contributed by atoms with Crippen LogP contribution in [0.3, 0.4) is 0 Å². The van der Waals surface area contributed by atoms with Gasteiger partial charge >= 0.3 is 0 Å². The molecule has 0 aromatic heterocycles. The Hall–Kier alpha value is -2.69. The van der Waals surface area contributed by atoms with Gasteiger partial charge in [0.05, 0.1) is 0 Å². The summed E-state index contributed by atoms with van der Waals surface area (Å²) in [4.78, 5) is 23.9. The van der Waals surface area contributed by atoms with Crippen LogP contribution in [0.2, 0.25) is 0 Å². The quantitative estimate of drug-likeness (QED) is 0.821. The number of carbonyl (C=O) groups excluding carboxylic acids is 2. The number of carbonyl (C=O) groups is 2. The maximum atomic E-state index is 12.8. The van der Waals surface area contributed by atoms with Gasteiger partial charge in [0.25, 0.3) is 5.91 Å². The summed E-state index contributed by atoms with van der Waals surface area (Å²) in [6.07, 6.45) is 0.846. The zero-order valence-corrected chi connectivity index (χ0v) is 13.6. The lowest BCUT2D eigenvalue weighted by atomic mass is 10.1. The number of rotatable bonds is 7. The molecule has 126 valence electrons. The molecule has 0 bridgehead atoms. The van der Waals surface area contributed by atoms with Crippen molar-refractivity contribution in [3.63, 3.8) is 0 Å². The maximum Gasteiger partial charge on any atom is 0.251 e. The van der Waals surface area contributed by atoms with Crippen LogP contribution in [0.1, 0.15) is 29.3 Å². The highest BCUT2D eigenvalue weighted by molar-refractivity contribution is 5.94. The molecule has 0 saturated heterocycles. The van der Waals surface area contributed by atoms with Crippen LogP contribution in [0.4, 0.5) is 4.39 Å². The van der Waals surface area contributed by atoms with Crippen molar-refractivity contribution in [1.82, 2.24) is 10.6 Å². The number of hydrogen-bond acceptors (Lipinski definition) is 2. The van der Waals surface area contributed by atoms with Gasteiger partial charge in [-0.2, -0.15) is 0 Å². The van der Waals surface area contributed by atoms with Gasteiger partial charge in [-0.25, -0.2) is 4.39 Å². The van der Waals surface area contributed by atoms with Crippen molar-refractivity contribution in [2.45, 2.75) is 25.8 Å². The molecule has 2 aromatic carbocycles. The van der Waals surface area contributed by atoms with Gasteiger partial charge in [-0.05, 0) is 43.2 Å². The van der Waals surface area contributed by atoms with E-state index in [-0.39, 0.29) is 30.1 Å². The molecule has 5 heteroatoms. The number of amides is 2. The van der Waals surface area contributed by atoms with E-state index in [0.717, 1.165) is 5.56 Å². The molecule has 24 heavy (non-hydrogen) atoms. The molecule has 0 aliphatic heterocycles. The molecule has 0 heterocycles. The lowest BCUT2D eigenvalue weighted by Gasteiger charge is -2.14. The zero-order valence-electron chi connectivity index (χ0n) is 13.6. The summed E-state index contributed by atoms with van der Waals surface area (Å²) in [7, 11) is 0. The van der Waals surface area contributed by atoms with Crippen LogP contribution in [0.5, 0.6) is 0 Å². The van der Waals surface area contributed by atoms with Gasteiger partial charge in [-0.3, -0.25) is 9.59 Å². The predicted octanol–water partition coefficient (Wildman–Crippen LogP) is 2.69. The van der Waals surface area contributed by atoms with Crippen molar-refractivity contribution in [2.75, 3.05) is 6.54 Å². The minimum atomic E-state index is -0.272. The normalized spacial score (nSPS) is 11.6. The first-order valence-electron chi connectivity index (χ1n) is 7.91. The topological polar surface area (TPSA) is 58.2 Å². The van der Waals surface area contributed by atoms with Crippen molar-refractivity contribution in [3.8, 4) is 0 Å². The van der Waals surface area contributed by atoms with Gasteiger partial charge in [0.1, 0.15) is 5.82 Å². The van der Waals surface area contributed by atoms with Crippen molar-refractivity contribution >= 4 is 11.8 Å². The average Bonchev–Trinajstić information content (AvgIpc) is 2.57. The molecule has 0 radical (unpaired) electrons. The SMILES string of the molecule is C[C@H](CC(=O)NCCc1ccc(F)cc1)NC(=O)c1ccccc1. The van der Waals surface area contributed by atoms with Crippen LogP contribution in [0.15, 0.2) is 54.6 Å². The summed E-state index contributed by atoms with van der Waals surface area (Å²) in [5.74, 6) is -0.592. The van der Waals surface area contributed by atoms with E-state index in [0.29, 0.717) is 18.5 Å². The van der Waals surface area contributed by atoms with E-state index < -0.39 is 0 Å². The lowest BCUT2D eigenvalue weighted by molar-refractivity contribution is -0.121. The Morgan fingerprint density at radius 2 is 1.71 bits per heavy atom. The Morgan fingerprint density at radius 3 is 2.38 bits per heavy atom. The van der Waals surface area contributed by atoms with Crippen molar-refractivity contribution in [2.24, 2.45) is 0 Å². The standard InChI is InChI=1S/C19H21FN2O2/c1-14(22-19(24)16-5-3-2-4-6-16)13-18(23)21-12-11-15-7-9-17(20)10-8-15/h2-10,14H,11-13H2,1H3,(H,21,23)(H,22,24)/t14-/m1/s1. The number of hydrogen-bond donors (Lipinski definition) is 2. The van der Waals surface area contributed by atoms with Gasteiger partial charge in [0.15, 0.2) is 0 Å². The zero-order chi connectivity index (χ0) is 17.4. The molecule has 0 aliphatic carbocycles. The van der Waals surface area contributed by atoms with Gasteiger partial charge < -0.3 is 10.6 Å². The molecule has 2 aromatic rings. The van der Waals surface area contributed by atoms with Gasteiger partial charge in [-0.1, -0.05) is 30.3 Å². The van der Waals surface area contributed by atoms with Crippen molar-refractivity contribution in [3.05, 3.63) is 71.5 Å². The van der Waals surface area contributed by atoms with Crippen molar-refractivity contribution < 1.29 is 14.0 Å². The summed E-state index contributed by atoms with van der Waals surface area (Å²) in [5, 5.41) is 5.61. The van der Waals surface area contributed by atoms with Crippen LogP contribution < -0.4 is 10.6 Å². The highest BCUT2D eigenvalue weighted by atomic mass is 19.1. The third-order valence-corrected chi connectivity index (χ3v) is 3.55. The minimum absolute atomic E-state index is 0.127. The van der Waals surface area contributed by atoms with E-state index in [1.807, 2.05) is 6.07 Å². The first kappa shape index (κ1) is 17.7. The summed E-state index contributed by atoms with van der Waals surface area (Å²) in [6, 6.07) is 14.8. The summed E-state index contributed by atoms with van der Waals surface area (Å²) in [5.41, 5.74) is 1.53. The second-order valence-corrected chi connectivity index (χ2v) is 5.67. The molecule has 0 unspecified atom stereocenters. The van der Waals surface area contributed by atoms with Crippen LogP contribution in [0, 0.1) is 5.82 Å². The minimum Gasteiger partial charge on any atom is -0.356 e. The van der Waals surface area contributed by atoms with E-state index in [4.69, 9.17) is 0 Å². The number of nitrogens with one attached hydrogen (secondary N) is 2. The molecule has 0 aliphatic rings. The first-order chi connectivity index (χ1) is 11.5. The smallest absolute Gasteiger partial charge is 0.251 e. The molecule has 4 nitrogen and oxygen atoms in total. The first-order valence-corrected chi connectivity index (χ1v) is 7.91. The van der Waals surface area contributed by atoms with Crippen LogP contribution in [-0.4, -0.2) is 24.4 Å². The lowest BCUT2D eigenvalue weighted by Crippen LogP contribution is -2.37. The molecular weight excluding hydrogens is 307 g/mol. The Kier molecular flexibility index (Phi) is 6.49. The summed E-state index contributed by atoms with van der Waals surface area (Å²) in [6.45, 7) is 2.27. The van der Waals surface area contributed by atoms with Gasteiger partial charge in [0.2, 0.25) is 5.91 Å². The Bertz CT molecular complexity index is 672. The second kappa shape index (κ2) is 8.82. The Labute approximate surface area is 141 Å². The van der Waals surface area contributed by atoms with Crippen molar-refractivity contribution in [1.29, 1.82) is 0 Å². The highest BCUT2D eigenvalue weighted by Crippen LogP contribution is 2.03. The molecule has 2 amide bonds. The fourth-order valence-electron chi connectivity index (χ4n) is 2.30. The number of benzene rings is 2. The number of halogens is 1. The molecule has 2 N–H and O–H groups in total. The van der Waals surface area contributed by atoms with E-state index in [9.17, 15) is 14.0 Å². The molecule has 0 saturated carbocycles. The summed E-state index contributed by atoms with van der Waals surface area (Å²) >= 11 is 0. The predicted molar refractivity (Wildman–Crippen MR) is 91.1 cm³/mol. The molecular formula is C19H21FN2O2. The molecule has 0 fully saturated rings. The third-order valence-electron chi connectivity index (χ3n) is 3.55. The van der Waals surface area contributed by atoms with E-state index >= 15 is 0 Å². The summed E-state index contributed by atoms with van der Waals surface area (Å²) < 4.78 is 12.8. The average molecular weight is 328 g/mol. The molecule has 2 rings (SSSR count). The third kappa shape index (κ3) is 5.83. The van der Waals surface area contributed by atoms with E-state index in [1.165, 1.54) is 12.1 Å².